The van der Waals surface area contributed by atoms with Gasteiger partial charge in [-0.15, -0.1) is 0 Å². The second-order valence-electron chi connectivity index (χ2n) is 8.53. The number of rotatable bonds is 7. The van der Waals surface area contributed by atoms with Crippen LogP contribution in [0.25, 0.3) is 22.0 Å². The second-order valence-corrected chi connectivity index (χ2v) is 11.5. The van der Waals surface area contributed by atoms with E-state index in [1.54, 1.807) is 43.5 Å². The molecule has 2 N–H and O–H groups in total. The van der Waals surface area contributed by atoms with E-state index in [1.807, 2.05) is 48.5 Å². The number of hydrogen-bond acceptors (Lipinski definition) is 5. The number of carbonyl (C=O) groups excluding carboxylic acids is 2. The van der Waals surface area contributed by atoms with Gasteiger partial charge in [0.1, 0.15) is 11.4 Å². The van der Waals surface area contributed by atoms with Crippen molar-refractivity contribution in [3.05, 3.63) is 114 Å². The third-order valence-electron chi connectivity index (χ3n) is 6.00. The van der Waals surface area contributed by atoms with Crippen LogP contribution >= 0.6 is 54.5 Å². The molecule has 1 aromatic heterocycles. The number of esters is 1. The second kappa shape index (κ2) is 12.4. The molecular weight excluding hydrogens is 753 g/mol. The van der Waals surface area contributed by atoms with Crippen molar-refractivity contribution < 1.29 is 19.1 Å². The van der Waals surface area contributed by atoms with E-state index in [0.717, 1.165) is 30.1 Å². The lowest BCUT2D eigenvalue weighted by molar-refractivity contribution is 0.0732. The molecule has 5 rings (SSSR count). The Kier molecular flexibility index (Phi) is 8.67. The molecule has 0 bridgehead atoms. The Labute approximate surface area is 260 Å². The highest BCUT2D eigenvalue weighted by atomic mass is 127. The van der Waals surface area contributed by atoms with Crippen LogP contribution in [0.1, 0.15) is 26.4 Å². The number of nitrogens with zero attached hydrogens (tertiary/aromatic N) is 1. The number of halogens is 3. The average Bonchev–Trinajstić information content (AvgIpc) is 3.36. The molecule has 0 spiro atoms. The molecular formula is C30H20Br2IN3O4. The minimum Gasteiger partial charge on any atom is -0.497 e. The molecule has 40 heavy (non-hydrogen) atoms. The molecule has 0 aliphatic rings. The van der Waals surface area contributed by atoms with E-state index in [2.05, 4.69) is 70.0 Å². The molecule has 0 unspecified atom stereocenters. The van der Waals surface area contributed by atoms with Crippen LogP contribution in [0, 0.1) is 3.57 Å². The summed E-state index contributed by atoms with van der Waals surface area (Å²) in [6.45, 7) is 0. The summed E-state index contributed by atoms with van der Waals surface area (Å²) in [5, 5.41) is 5.14. The number of nitrogens with one attached hydrogen (secondary N) is 2. The number of methoxy groups -OCH3 is 1. The quantitative estimate of drug-likeness (QED) is 0.0578. The standard InChI is InChI=1S/C30H20Br2IN3O4/c1-39-21-12-10-18(11-13-21)30(38)40-28-19(14-20(31)15-23(28)32)16-34-36-29(37)27-25(17-6-3-2-4-7-17)22-8-5-9-24(33)26(22)35-27/h2-16,35H,1H3,(H,36,37). The number of aromatic amines is 1. The Hall–Kier alpha value is -3.48. The number of fused-ring (bicyclic) bond motifs is 1. The highest BCUT2D eigenvalue weighted by molar-refractivity contribution is 14.1. The van der Waals surface area contributed by atoms with Gasteiger partial charge in [0.25, 0.3) is 5.91 Å². The van der Waals surface area contributed by atoms with Gasteiger partial charge in [-0.1, -0.05) is 58.4 Å². The SMILES string of the molecule is COc1ccc(C(=O)Oc2c(Br)cc(Br)cc2C=NNC(=O)c2[nH]c3c(I)cccc3c2-c2ccccc2)cc1. The largest absolute Gasteiger partial charge is 0.497 e. The average molecular weight is 773 g/mol. The van der Waals surface area contributed by atoms with Crippen LogP contribution in [0.15, 0.2) is 99.0 Å². The summed E-state index contributed by atoms with van der Waals surface area (Å²) in [5.74, 6) is -0.0744. The van der Waals surface area contributed by atoms with E-state index in [-0.39, 0.29) is 5.75 Å². The first-order valence-corrected chi connectivity index (χ1v) is 14.6. The van der Waals surface area contributed by atoms with Crippen LogP contribution in [0.5, 0.6) is 11.5 Å². The number of ether oxygens (including phenoxy) is 2. The minimum absolute atomic E-state index is 0.257. The Bertz CT molecular complexity index is 1750. The zero-order valence-electron chi connectivity index (χ0n) is 20.9. The summed E-state index contributed by atoms with van der Waals surface area (Å²) in [7, 11) is 1.55. The molecule has 10 heteroatoms. The number of H-pyrrole nitrogens is 1. The molecule has 200 valence electrons. The lowest BCUT2D eigenvalue weighted by atomic mass is 10.0. The predicted molar refractivity (Wildman–Crippen MR) is 171 cm³/mol. The van der Waals surface area contributed by atoms with E-state index < -0.39 is 11.9 Å². The summed E-state index contributed by atoms with van der Waals surface area (Å²) < 4.78 is 13.1. The first-order chi connectivity index (χ1) is 19.4. The van der Waals surface area contributed by atoms with Gasteiger partial charge in [0.15, 0.2) is 5.75 Å². The van der Waals surface area contributed by atoms with E-state index >= 15 is 0 Å². The van der Waals surface area contributed by atoms with Gasteiger partial charge in [-0.3, -0.25) is 4.79 Å². The summed E-state index contributed by atoms with van der Waals surface area (Å²) >= 11 is 9.16. The molecule has 1 heterocycles. The molecule has 7 nitrogen and oxygen atoms in total. The maximum atomic E-state index is 13.4. The van der Waals surface area contributed by atoms with Gasteiger partial charge in [-0.05, 0) is 86.5 Å². The molecule has 0 aliphatic heterocycles. The predicted octanol–water partition coefficient (Wildman–Crippen LogP) is 7.96. The number of benzene rings is 4. The molecule has 0 radical (unpaired) electrons. The lowest BCUT2D eigenvalue weighted by Gasteiger charge is -2.11. The van der Waals surface area contributed by atoms with Crippen LogP contribution in [0.2, 0.25) is 0 Å². The van der Waals surface area contributed by atoms with Crippen molar-refractivity contribution in [1.82, 2.24) is 10.4 Å². The first kappa shape index (κ1) is 28.1. The van der Waals surface area contributed by atoms with Gasteiger partial charge >= 0.3 is 5.97 Å². The number of para-hydroxylation sites is 1. The van der Waals surface area contributed by atoms with Crippen LogP contribution < -0.4 is 14.9 Å². The van der Waals surface area contributed by atoms with Crippen molar-refractivity contribution in [3.8, 4) is 22.6 Å². The van der Waals surface area contributed by atoms with Gasteiger partial charge in [-0.2, -0.15) is 5.10 Å². The van der Waals surface area contributed by atoms with Crippen molar-refractivity contribution in [1.29, 1.82) is 0 Å². The number of hydrogen-bond donors (Lipinski definition) is 2. The zero-order valence-corrected chi connectivity index (χ0v) is 26.2. The zero-order chi connectivity index (χ0) is 28.2. The Balaban J connectivity index is 1.43. The van der Waals surface area contributed by atoms with Crippen LogP contribution in [-0.4, -0.2) is 30.2 Å². The van der Waals surface area contributed by atoms with E-state index in [9.17, 15) is 9.59 Å². The normalized spacial score (nSPS) is 11.1. The van der Waals surface area contributed by atoms with Crippen molar-refractivity contribution >= 4 is 83.4 Å². The molecule has 0 atom stereocenters. The van der Waals surface area contributed by atoms with Crippen molar-refractivity contribution in [2.24, 2.45) is 5.10 Å². The highest BCUT2D eigenvalue weighted by Gasteiger charge is 2.20. The number of hydrazone groups is 1. The maximum absolute atomic E-state index is 13.4. The Morgan fingerprint density at radius 1 is 0.975 bits per heavy atom. The Morgan fingerprint density at radius 2 is 1.73 bits per heavy atom. The molecule has 1 amide bonds. The van der Waals surface area contributed by atoms with Crippen molar-refractivity contribution in [2.45, 2.75) is 0 Å². The lowest BCUT2D eigenvalue weighted by Crippen LogP contribution is -2.19. The van der Waals surface area contributed by atoms with Gasteiger partial charge < -0.3 is 14.5 Å². The van der Waals surface area contributed by atoms with Crippen LogP contribution in [-0.2, 0) is 0 Å². The topological polar surface area (TPSA) is 92.8 Å². The summed E-state index contributed by atoms with van der Waals surface area (Å²) in [5.41, 5.74) is 6.41. The van der Waals surface area contributed by atoms with E-state index in [1.165, 1.54) is 6.21 Å². The fourth-order valence-corrected chi connectivity index (χ4v) is 6.11. The van der Waals surface area contributed by atoms with E-state index in [4.69, 9.17) is 9.47 Å². The van der Waals surface area contributed by atoms with Gasteiger partial charge in [-0.25, -0.2) is 10.2 Å². The maximum Gasteiger partial charge on any atom is 0.343 e. The van der Waals surface area contributed by atoms with Crippen LogP contribution in [0.3, 0.4) is 0 Å². The van der Waals surface area contributed by atoms with Gasteiger partial charge in [0.05, 0.1) is 28.9 Å². The molecule has 0 saturated carbocycles. The smallest absolute Gasteiger partial charge is 0.343 e. The third-order valence-corrected chi connectivity index (χ3v) is 7.95. The molecule has 0 fully saturated rings. The molecule has 5 aromatic rings. The molecule has 4 aromatic carbocycles. The van der Waals surface area contributed by atoms with Crippen molar-refractivity contribution in [3.63, 3.8) is 0 Å². The third kappa shape index (κ3) is 5.98. The minimum atomic E-state index is -0.551. The number of carbonyl (C=O) groups is 2. The molecule has 0 saturated heterocycles. The number of aromatic nitrogens is 1. The van der Waals surface area contributed by atoms with Crippen LogP contribution in [0.4, 0.5) is 0 Å². The molecule has 0 aliphatic carbocycles. The van der Waals surface area contributed by atoms with E-state index in [0.29, 0.717) is 27.0 Å². The van der Waals surface area contributed by atoms with Crippen molar-refractivity contribution in [2.75, 3.05) is 7.11 Å². The Morgan fingerprint density at radius 3 is 2.45 bits per heavy atom. The summed E-state index contributed by atoms with van der Waals surface area (Å²) in [4.78, 5) is 29.5. The van der Waals surface area contributed by atoms with Gasteiger partial charge in [0, 0.05) is 24.6 Å². The number of amides is 1. The fourth-order valence-electron chi connectivity index (χ4n) is 4.14. The fraction of sp³-hybridized carbons (Fsp3) is 0.0333. The highest BCUT2D eigenvalue weighted by Crippen LogP contribution is 2.35. The monoisotopic (exact) mass is 771 g/mol. The summed E-state index contributed by atoms with van der Waals surface area (Å²) in [6.07, 6.45) is 1.43. The van der Waals surface area contributed by atoms with Gasteiger partial charge in [0.2, 0.25) is 0 Å². The summed E-state index contributed by atoms with van der Waals surface area (Å²) in [6, 6.07) is 25.7. The first-order valence-electron chi connectivity index (χ1n) is 11.9.